The van der Waals surface area contributed by atoms with Crippen LogP contribution in [0.25, 0.3) is 10.9 Å². The lowest BCUT2D eigenvalue weighted by Crippen LogP contribution is -2.14. The Morgan fingerprint density at radius 2 is 1.69 bits per heavy atom. The Hall–Kier alpha value is -3.24. The third-order valence-electron chi connectivity index (χ3n) is 5.78. The third-order valence-corrected chi connectivity index (χ3v) is 5.78. The summed E-state index contributed by atoms with van der Waals surface area (Å²) >= 11 is 0. The van der Waals surface area contributed by atoms with Crippen LogP contribution in [-0.2, 0) is 19.4 Å². The van der Waals surface area contributed by atoms with Gasteiger partial charge in [0.15, 0.2) is 5.78 Å². The number of aryl methyl sites for hydroxylation is 1. The van der Waals surface area contributed by atoms with Crippen molar-refractivity contribution in [3.05, 3.63) is 107 Å². The number of rotatable bonds is 9. The Labute approximate surface area is 189 Å². The Balaban J connectivity index is 1.40. The van der Waals surface area contributed by atoms with Crippen molar-refractivity contribution in [2.45, 2.75) is 25.8 Å². The molecular weight excluding hydrogens is 399 g/mol. The highest BCUT2D eigenvalue weighted by molar-refractivity contribution is 5.97. The molecule has 0 radical (unpaired) electrons. The molecular formula is C28H29FN2O. The standard InChI is InChI=1S/C28H29FN2O/c1-30(2)14-4-15-31-16-13-25-18-23(9-12-27(25)31)17-21-7-10-24(11-8-21)28(32)20-22-5-3-6-26(29)19-22/h3,5-13,16,18-19H,4,14-15,17,20H2,1-2H3. The number of aromatic nitrogens is 1. The van der Waals surface area contributed by atoms with Gasteiger partial charge in [0.25, 0.3) is 0 Å². The van der Waals surface area contributed by atoms with Crippen molar-refractivity contribution in [1.82, 2.24) is 9.47 Å². The SMILES string of the molecule is CN(C)CCCn1ccc2cc(Cc3ccc(C(=O)Cc4cccc(F)c4)cc3)ccc21. The highest BCUT2D eigenvalue weighted by atomic mass is 19.1. The van der Waals surface area contributed by atoms with E-state index in [1.807, 2.05) is 24.3 Å². The van der Waals surface area contributed by atoms with Gasteiger partial charge in [0.2, 0.25) is 0 Å². The predicted molar refractivity (Wildman–Crippen MR) is 129 cm³/mol. The van der Waals surface area contributed by atoms with Crippen LogP contribution in [0, 0.1) is 5.82 Å². The second-order valence-electron chi connectivity index (χ2n) is 8.66. The van der Waals surface area contributed by atoms with E-state index in [0.717, 1.165) is 31.5 Å². The van der Waals surface area contributed by atoms with Crippen LogP contribution >= 0.6 is 0 Å². The van der Waals surface area contributed by atoms with Gasteiger partial charge in [-0.15, -0.1) is 0 Å². The van der Waals surface area contributed by atoms with Crippen LogP contribution in [0.15, 0.2) is 79.0 Å². The van der Waals surface area contributed by atoms with E-state index in [1.54, 1.807) is 12.1 Å². The summed E-state index contributed by atoms with van der Waals surface area (Å²) in [5, 5.41) is 1.26. The number of hydrogen-bond acceptors (Lipinski definition) is 2. The Morgan fingerprint density at radius 1 is 0.906 bits per heavy atom. The van der Waals surface area contributed by atoms with Gasteiger partial charge >= 0.3 is 0 Å². The molecule has 164 valence electrons. The number of carbonyl (C=O) groups excluding carboxylic acids is 1. The van der Waals surface area contributed by atoms with Gasteiger partial charge in [-0.05, 0) is 85.9 Å². The van der Waals surface area contributed by atoms with Gasteiger partial charge < -0.3 is 9.47 Å². The van der Waals surface area contributed by atoms with Crippen LogP contribution < -0.4 is 0 Å². The molecule has 4 aromatic rings. The highest BCUT2D eigenvalue weighted by Gasteiger charge is 2.09. The van der Waals surface area contributed by atoms with Gasteiger partial charge in [-0.25, -0.2) is 4.39 Å². The molecule has 0 unspecified atom stereocenters. The molecule has 0 fully saturated rings. The maximum atomic E-state index is 13.3. The van der Waals surface area contributed by atoms with Gasteiger partial charge in [0.05, 0.1) is 0 Å². The van der Waals surface area contributed by atoms with Crippen LogP contribution in [0.3, 0.4) is 0 Å². The summed E-state index contributed by atoms with van der Waals surface area (Å²) < 4.78 is 15.7. The summed E-state index contributed by atoms with van der Waals surface area (Å²) in [5.41, 5.74) is 5.04. The van der Waals surface area contributed by atoms with Gasteiger partial charge in [-0.2, -0.15) is 0 Å². The molecule has 0 aliphatic rings. The first-order valence-corrected chi connectivity index (χ1v) is 11.1. The molecule has 1 aromatic heterocycles. The van der Waals surface area contributed by atoms with E-state index in [2.05, 4.69) is 54.0 Å². The zero-order chi connectivity index (χ0) is 22.5. The molecule has 0 N–H and O–H groups in total. The van der Waals surface area contributed by atoms with Gasteiger partial charge in [0, 0.05) is 30.2 Å². The fourth-order valence-electron chi connectivity index (χ4n) is 4.09. The summed E-state index contributed by atoms with van der Waals surface area (Å²) in [4.78, 5) is 14.7. The van der Waals surface area contributed by atoms with Gasteiger partial charge in [-0.3, -0.25) is 4.79 Å². The minimum Gasteiger partial charge on any atom is -0.347 e. The van der Waals surface area contributed by atoms with Crippen molar-refractivity contribution < 1.29 is 9.18 Å². The zero-order valence-corrected chi connectivity index (χ0v) is 18.7. The molecule has 32 heavy (non-hydrogen) atoms. The van der Waals surface area contributed by atoms with E-state index >= 15 is 0 Å². The topological polar surface area (TPSA) is 25.2 Å². The number of nitrogens with zero attached hydrogens (tertiary/aromatic N) is 2. The molecule has 1 heterocycles. The summed E-state index contributed by atoms with van der Waals surface area (Å²) in [6, 6.07) is 22.8. The molecule has 4 heteroatoms. The average Bonchev–Trinajstić information content (AvgIpc) is 3.16. The highest BCUT2D eigenvalue weighted by Crippen LogP contribution is 2.21. The minimum atomic E-state index is -0.313. The Morgan fingerprint density at radius 3 is 2.44 bits per heavy atom. The molecule has 0 aliphatic carbocycles. The molecule has 0 spiro atoms. The summed E-state index contributed by atoms with van der Waals surface area (Å²) in [6.07, 6.45) is 4.32. The number of ketones is 1. The van der Waals surface area contributed by atoms with Crippen molar-refractivity contribution in [1.29, 1.82) is 0 Å². The van der Waals surface area contributed by atoms with E-state index in [1.165, 1.54) is 28.6 Å². The smallest absolute Gasteiger partial charge is 0.167 e. The van der Waals surface area contributed by atoms with Crippen molar-refractivity contribution >= 4 is 16.7 Å². The molecule has 0 amide bonds. The van der Waals surface area contributed by atoms with E-state index in [9.17, 15) is 9.18 Å². The minimum absolute atomic E-state index is 0.000763. The van der Waals surface area contributed by atoms with E-state index in [0.29, 0.717) is 11.1 Å². The number of benzene rings is 3. The molecule has 0 atom stereocenters. The van der Waals surface area contributed by atoms with Crippen molar-refractivity contribution in [2.75, 3.05) is 20.6 Å². The van der Waals surface area contributed by atoms with Crippen LogP contribution in [0.1, 0.15) is 33.5 Å². The first-order chi connectivity index (χ1) is 15.5. The third kappa shape index (κ3) is 5.51. The van der Waals surface area contributed by atoms with Crippen molar-refractivity contribution in [2.24, 2.45) is 0 Å². The average molecular weight is 429 g/mol. The second-order valence-corrected chi connectivity index (χ2v) is 8.66. The Kier molecular flexibility index (Phi) is 6.81. The first-order valence-electron chi connectivity index (χ1n) is 11.1. The molecule has 3 aromatic carbocycles. The number of Topliss-reactive ketones (excluding diaryl/α,β-unsaturated/α-hetero) is 1. The fraction of sp³-hybridized carbons (Fsp3) is 0.250. The maximum absolute atomic E-state index is 13.3. The fourth-order valence-corrected chi connectivity index (χ4v) is 4.09. The molecule has 3 nitrogen and oxygen atoms in total. The predicted octanol–water partition coefficient (Wildman–Crippen LogP) is 5.75. The maximum Gasteiger partial charge on any atom is 0.167 e. The number of fused-ring (bicyclic) bond motifs is 1. The van der Waals surface area contributed by atoms with Gasteiger partial charge in [-0.1, -0.05) is 42.5 Å². The van der Waals surface area contributed by atoms with Crippen LogP contribution in [0.4, 0.5) is 4.39 Å². The second kappa shape index (κ2) is 9.92. The summed E-state index contributed by atoms with van der Waals surface area (Å²) in [7, 11) is 4.21. The largest absolute Gasteiger partial charge is 0.347 e. The van der Waals surface area contributed by atoms with Crippen LogP contribution in [-0.4, -0.2) is 35.9 Å². The molecule has 0 saturated heterocycles. The Bertz CT molecular complexity index is 1210. The van der Waals surface area contributed by atoms with E-state index < -0.39 is 0 Å². The van der Waals surface area contributed by atoms with E-state index in [4.69, 9.17) is 0 Å². The number of carbonyl (C=O) groups is 1. The van der Waals surface area contributed by atoms with Crippen molar-refractivity contribution in [3.63, 3.8) is 0 Å². The zero-order valence-electron chi connectivity index (χ0n) is 18.7. The van der Waals surface area contributed by atoms with Crippen LogP contribution in [0.5, 0.6) is 0 Å². The molecule has 0 bridgehead atoms. The first kappa shape index (κ1) is 22.0. The summed E-state index contributed by atoms with van der Waals surface area (Å²) in [5.74, 6) is -0.314. The number of halogens is 1. The summed E-state index contributed by atoms with van der Waals surface area (Å²) in [6.45, 7) is 2.10. The van der Waals surface area contributed by atoms with Crippen molar-refractivity contribution in [3.8, 4) is 0 Å². The molecule has 4 rings (SSSR count). The molecule has 0 saturated carbocycles. The number of hydrogen-bond donors (Lipinski definition) is 0. The molecule has 0 aliphatic heterocycles. The van der Waals surface area contributed by atoms with Gasteiger partial charge in [0.1, 0.15) is 5.82 Å². The normalized spacial score (nSPS) is 11.4. The lowest BCUT2D eigenvalue weighted by molar-refractivity contribution is 0.0993. The van der Waals surface area contributed by atoms with Crippen LogP contribution in [0.2, 0.25) is 0 Å². The lowest BCUT2D eigenvalue weighted by atomic mass is 9.99. The van der Waals surface area contributed by atoms with E-state index in [-0.39, 0.29) is 18.0 Å². The lowest BCUT2D eigenvalue weighted by Gasteiger charge is -2.11. The monoisotopic (exact) mass is 428 g/mol. The quantitative estimate of drug-likeness (QED) is 0.317.